The van der Waals surface area contributed by atoms with E-state index in [2.05, 4.69) is 20.6 Å². The first-order chi connectivity index (χ1) is 13.0. The van der Waals surface area contributed by atoms with Crippen LogP contribution in [0, 0.1) is 0 Å². The molecule has 0 radical (unpaired) electrons. The maximum Gasteiger partial charge on any atom is 0.271 e. The van der Waals surface area contributed by atoms with E-state index in [-0.39, 0.29) is 23.4 Å². The quantitative estimate of drug-likeness (QED) is 0.501. The van der Waals surface area contributed by atoms with Crippen LogP contribution in [-0.2, 0) is 4.79 Å². The van der Waals surface area contributed by atoms with Gasteiger partial charge in [-0.25, -0.2) is 9.97 Å². The summed E-state index contributed by atoms with van der Waals surface area (Å²) < 4.78 is 5.62. The van der Waals surface area contributed by atoms with E-state index in [1.54, 1.807) is 43.0 Å². The van der Waals surface area contributed by atoms with Gasteiger partial charge in [0.05, 0.1) is 12.9 Å². The number of thioether (sulfide) groups is 1. The maximum absolute atomic E-state index is 12.2. The minimum absolute atomic E-state index is 0.132. The van der Waals surface area contributed by atoms with Gasteiger partial charge in [-0.05, 0) is 24.3 Å². The Hall–Kier alpha value is -2.63. The summed E-state index contributed by atoms with van der Waals surface area (Å²) in [6.07, 6.45) is 1.60. The highest BCUT2D eigenvalue weighted by Gasteiger charge is 2.18. The highest BCUT2D eigenvalue weighted by atomic mass is 32.2. The van der Waals surface area contributed by atoms with Crippen LogP contribution in [0.25, 0.3) is 0 Å². The Morgan fingerprint density at radius 1 is 1.26 bits per heavy atom. The van der Waals surface area contributed by atoms with Gasteiger partial charge in [0.15, 0.2) is 9.47 Å². The molecule has 2 heterocycles. The predicted molar refractivity (Wildman–Crippen MR) is 109 cm³/mol. The van der Waals surface area contributed by atoms with Crippen molar-refractivity contribution >= 4 is 62.9 Å². The molecule has 27 heavy (non-hydrogen) atoms. The number of benzene rings is 1. The van der Waals surface area contributed by atoms with Crippen molar-refractivity contribution in [3.05, 3.63) is 40.7 Å². The van der Waals surface area contributed by atoms with E-state index in [9.17, 15) is 9.59 Å². The van der Waals surface area contributed by atoms with E-state index in [1.807, 2.05) is 0 Å². The summed E-state index contributed by atoms with van der Waals surface area (Å²) in [5.41, 5.74) is 6.49. The number of nitrogens with two attached hydrogens (primary N) is 1. The number of carbonyl (C=O) groups is 2. The van der Waals surface area contributed by atoms with E-state index in [0.29, 0.717) is 25.8 Å². The van der Waals surface area contributed by atoms with Gasteiger partial charge in [-0.1, -0.05) is 11.8 Å². The molecule has 11 heteroatoms. The van der Waals surface area contributed by atoms with Crippen molar-refractivity contribution in [1.82, 2.24) is 9.97 Å². The fourth-order valence-corrected chi connectivity index (χ4v) is 4.26. The standard InChI is InChI=1S/C16H15N5O3S3/c1-24-10-4-2-9(3-5-10)19-11(22)8-26-16-20-13(17)12(27-16)14(23)21-15-18-6-7-25-15/h2-7H,8,17H2,1H3,(H,19,22)(H,18,21,23). The molecular weight excluding hydrogens is 406 g/mol. The number of aromatic nitrogens is 2. The van der Waals surface area contributed by atoms with Crippen LogP contribution in [0.15, 0.2) is 40.2 Å². The molecule has 0 saturated carbocycles. The van der Waals surface area contributed by atoms with Crippen molar-refractivity contribution in [3.63, 3.8) is 0 Å². The molecule has 0 aliphatic rings. The molecule has 2 amide bonds. The number of rotatable bonds is 7. The highest BCUT2D eigenvalue weighted by molar-refractivity contribution is 8.01. The van der Waals surface area contributed by atoms with Crippen molar-refractivity contribution in [3.8, 4) is 5.75 Å². The molecule has 0 bridgehead atoms. The number of amides is 2. The van der Waals surface area contributed by atoms with Crippen LogP contribution in [0.5, 0.6) is 5.75 Å². The Kier molecular flexibility index (Phi) is 6.27. The molecule has 0 unspecified atom stereocenters. The van der Waals surface area contributed by atoms with Crippen LogP contribution >= 0.6 is 34.4 Å². The van der Waals surface area contributed by atoms with Crippen LogP contribution in [0.2, 0.25) is 0 Å². The molecule has 0 spiro atoms. The van der Waals surface area contributed by atoms with Crippen molar-refractivity contribution in [2.45, 2.75) is 4.34 Å². The van der Waals surface area contributed by atoms with Gasteiger partial charge in [-0.15, -0.1) is 22.7 Å². The summed E-state index contributed by atoms with van der Waals surface area (Å²) in [7, 11) is 1.58. The molecule has 3 aromatic rings. The van der Waals surface area contributed by atoms with Crippen LogP contribution in [0.3, 0.4) is 0 Å². The van der Waals surface area contributed by atoms with E-state index in [4.69, 9.17) is 10.5 Å². The monoisotopic (exact) mass is 421 g/mol. The van der Waals surface area contributed by atoms with Crippen LogP contribution in [-0.4, -0.2) is 34.6 Å². The number of anilines is 3. The number of ether oxygens (including phenoxy) is 1. The zero-order valence-corrected chi connectivity index (χ0v) is 16.5. The topological polar surface area (TPSA) is 119 Å². The zero-order chi connectivity index (χ0) is 19.2. The van der Waals surface area contributed by atoms with Crippen LogP contribution < -0.4 is 21.1 Å². The summed E-state index contributed by atoms with van der Waals surface area (Å²) in [4.78, 5) is 32.7. The van der Waals surface area contributed by atoms with E-state index in [0.717, 1.165) is 11.3 Å². The second-order valence-electron chi connectivity index (χ2n) is 5.05. The molecule has 3 rings (SSSR count). The SMILES string of the molecule is COc1ccc(NC(=O)CSc2nc(N)c(C(=O)Nc3nccs3)s2)cc1. The summed E-state index contributed by atoms with van der Waals surface area (Å²) in [5.74, 6) is 0.436. The Balaban J connectivity index is 1.54. The lowest BCUT2D eigenvalue weighted by Crippen LogP contribution is -2.13. The van der Waals surface area contributed by atoms with Gasteiger partial charge in [-0.2, -0.15) is 0 Å². The molecule has 0 aliphatic heterocycles. The van der Waals surface area contributed by atoms with Crippen molar-refractivity contribution in [2.24, 2.45) is 0 Å². The number of thiazole rings is 2. The largest absolute Gasteiger partial charge is 0.497 e. The summed E-state index contributed by atoms with van der Waals surface area (Å²) in [6.45, 7) is 0. The molecule has 2 aromatic heterocycles. The Morgan fingerprint density at radius 2 is 2.04 bits per heavy atom. The molecule has 4 N–H and O–H groups in total. The van der Waals surface area contributed by atoms with E-state index >= 15 is 0 Å². The third kappa shape index (κ3) is 5.18. The lowest BCUT2D eigenvalue weighted by Gasteiger charge is -2.05. The molecule has 1 aromatic carbocycles. The van der Waals surface area contributed by atoms with Crippen molar-refractivity contribution in [1.29, 1.82) is 0 Å². The Morgan fingerprint density at radius 3 is 2.70 bits per heavy atom. The minimum Gasteiger partial charge on any atom is -0.497 e. The number of nitrogen functional groups attached to an aromatic ring is 1. The third-order valence-corrected chi connectivity index (χ3v) is 6.09. The van der Waals surface area contributed by atoms with Crippen LogP contribution in [0.4, 0.5) is 16.6 Å². The first kappa shape index (κ1) is 19.1. The normalized spacial score (nSPS) is 10.4. The zero-order valence-electron chi connectivity index (χ0n) is 14.1. The smallest absolute Gasteiger partial charge is 0.271 e. The number of methoxy groups -OCH3 is 1. The third-order valence-electron chi connectivity index (χ3n) is 3.19. The summed E-state index contributed by atoms with van der Waals surface area (Å²) in [5, 5.41) is 7.69. The maximum atomic E-state index is 12.2. The average Bonchev–Trinajstić information content (AvgIpc) is 3.30. The summed E-state index contributed by atoms with van der Waals surface area (Å²) in [6, 6.07) is 7.03. The first-order valence-corrected chi connectivity index (χ1v) is 10.3. The minimum atomic E-state index is -0.366. The van der Waals surface area contributed by atoms with Gasteiger partial charge in [-0.3, -0.25) is 14.9 Å². The average molecular weight is 422 g/mol. The van der Waals surface area contributed by atoms with Crippen molar-refractivity contribution < 1.29 is 14.3 Å². The number of hydrogen-bond donors (Lipinski definition) is 3. The Bertz CT molecular complexity index is 925. The van der Waals surface area contributed by atoms with E-state index in [1.165, 1.54) is 23.1 Å². The second kappa shape index (κ2) is 8.84. The molecule has 0 saturated heterocycles. The second-order valence-corrected chi connectivity index (χ2v) is 8.17. The Labute approximate surface area is 167 Å². The highest BCUT2D eigenvalue weighted by Crippen LogP contribution is 2.30. The van der Waals surface area contributed by atoms with Gasteiger partial charge < -0.3 is 15.8 Å². The van der Waals surface area contributed by atoms with Crippen LogP contribution in [0.1, 0.15) is 9.67 Å². The molecular formula is C16H15N5O3S3. The van der Waals surface area contributed by atoms with Crippen molar-refractivity contribution in [2.75, 3.05) is 29.2 Å². The molecule has 0 aliphatic carbocycles. The predicted octanol–water partition coefficient (Wildman–Crippen LogP) is 3.17. The summed E-state index contributed by atoms with van der Waals surface area (Å²) >= 11 is 3.66. The molecule has 0 atom stereocenters. The lowest BCUT2D eigenvalue weighted by atomic mass is 10.3. The number of hydrogen-bond acceptors (Lipinski definition) is 9. The van der Waals surface area contributed by atoms with Gasteiger partial charge in [0.25, 0.3) is 5.91 Å². The number of carbonyl (C=O) groups excluding carboxylic acids is 2. The van der Waals surface area contributed by atoms with Gasteiger partial charge in [0.1, 0.15) is 16.4 Å². The molecule has 8 nitrogen and oxygen atoms in total. The molecule has 0 fully saturated rings. The van der Waals surface area contributed by atoms with Gasteiger partial charge >= 0.3 is 0 Å². The van der Waals surface area contributed by atoms with Gasteiger partial charge in [0.2, 0.25) is 5.91 Å². The fourth-order valence-electron chi connectivity index (χ4n) is 1.97. The van der Waals surface area contributed by atoms with E-state index < -0.39 is 0 Å². The number of nitrogens with zero attached hydrogens (tertiary/aromatic N) is 2. The number of nitrogens with one attached hydrogen (secondary N) is 2. The van der Waals surface area contributed by atoms with Gasteiger partial charge in [0, 0.05) is 17.3 Å². The molecule has 140 valence electrons. The first-order valence-electron chi connectivity index (χ1n) is 7.59. The fraction of sp³-hybridized carbons (Fsp3) is 0.125. The lowest BCUT2D eigenvalue weighted by molar-refractivity contribution is -0.113.